The van der Waals surface area contributed by atoms with Crippen molar-refractivity contribution in [3.8, 4) is 0 Å². The number of nitrogens with zero attached hydrogens (tertiary/aromatic N) is 2. The van der Waals surface area contributed by atoms with Gasteiger partial charge in [0.15, 0.2) is 5.82 Å². The molecule has 2 heterocycles. The first-order chi connectivity index (χ1) is 7.75. The SMILES string of the molecule is Nc1cncnc1NCCc1ccc(Br)s1. The third-order valence-corrected chi connectivity index (χ3v) is 3.72. The Morgan fingerprint density at radius 3 is 3.00 bits per heavy atom. The van der Waals surface area contributed by atoms with Crippen LogP contribution in [0.5, 0.6) is 0 Å². The van der Waals surface area contributed by atoms with Crippen LogP contribution in [-0.2, 0) is 6.42 Å². The molecule has 2 aromatic rings. The highest BCUT2D eigenvalue weighted by molar-refractivity contribution is 9.11. The number of rotatable bonds is 4. The second-order valence-electron chi connectivity index (χ2n) is 3.21. The van der Waals surface area contributed by atoms with Crippen molar-refractivity contribution in [3.63, 3.8) is 0 Å². The zero-order chi connectivity index (χ0) is 11.4. The normalized spacial score (nSPS) is 10.3. The summed E-state index contributed by atoms with van der Waals surface area (Å²) in [7, 11) is 0. The van der Waals surface area contributed by atoms with Crippen LogP contribution in [0.4, 0.5) is 11.5 Å². The molecule has 16 heavy (non-hydrogen) atoms. The number of nitrogens with one attached hydrogen (secondary N) is 1. The molecule has 84 valence electrons. The predicted octanol–water partition coefficient (Wildman–Crippen LogP) is 2.54. The highest BCUT2D eigenvalue weighted by Crippen LogP contribution is 2.22. The van der Waals surface area contributed by atoms with E-state index in [0.717, 1.165) is 16.8 Å². The molecular weight excluding hydrogens is 288 g/mol. The van der Waals surface area contributed by atoms with Crippen molar-refractivity contribution >= 4 is 38.8 Å². The highest BCUT2D eigenvalue weighted by Gasteiger charge is 2.00. The van der Waals surface area contributed by atoms with Gasteiger partial charge in [-0.05, 0) is 34.5 Å². The fraction of sp³-hybridized carbons (Fsp3) is 0.200. The highest BCUT2D eigenvalue weighted by atomic mass is 79.9. The van der Waals surface area contributed by atoms with Crippen LogP contribution in [0.25, 0.3) is 0 Å². The van der Waals surface area contributed by atoms with E-state index in [1.54, 1.807) is 17.5 Å². The first-order valence-electron chi connectivity index (χ1n) is 4.79. The number of nitrogens with two attached hydrogens (primary N) is 1. The second kappa shape index (κ2) is 5.27. The molecule has 0 amide bonds. The molecule has 0 aromatic carbocycles. The quantitative estimate of drug-likeness (QED) is 0.910. The Bertz CT molecular complexity index is 471. The first kappa shape index (κ1) is 11.3. The monoisotopic (exact) mass is 298 g/mol. The van der Waals surface area contributed by atoms with Gasteiger partial charge in [-0.25, -0.2) is 9.97 Å². The lowest BCUT2D eigenvalue weighted by atomic mass is 10.3. The summed E-state index contributed by atoms with van der Waals surface area (Å²) in [5.41, 5.74) is 6.29. The van der Waals surface area contributed by atoms with Gasteiger partial charge in [0.25, 0.3) is 0 Å². The van der Waals surface area contributed by atoms with Crippen LogP contribution in [0.3, 0.4) is 0 Å². The summed E-state index contributed by atoms with van der Waals surface area (Å²) in [5.74, 6) is 0.700. The van der Waals surface area contributed by atoms with Crippen LogP contribution in [0.15, 0.2) is 28.4 Å². The molecule has 3 N–H and O–H groups in total. The van der Waals surface area contributed by atoms with E-state index in [1.807, 2.05) is 0 Å². The molecule has 0 bridgehead atoms. The molecule has 0 saturated carbocycles. The van der Waals surface area contributed by atoms with Gasteiger partial charge in [0.05, 0.1) is 15.7 Å². The zero-order valence-electron chi connectivity index (χ0n) is 8.48. The number of hydrogen-bond donors (Lipinski definition) is 2. The minimum absolute atomic E-state index is 0.579. The van der Waals surface area contributed by atoms with Gasteiger partial charge < -0.3 is 11.1 Å². The maximum atomic E-state index is 5.71. The van der Waals surface area contributed by atoms with E-state index in [1.165, 1.54) is 11.2 Å². The van der Waals surface area contributed by atoms with Gasteiger partial charge in [-0.15, -0.1) is 11.3 Å². The smallest absolute Gasteiger partial charge is 0.152 e. The number of thiophene rings is 1. The molecule has 0 radical (unpaired) electrons. The summed E-state index contributed by atoms with van der Waals surface area (Å²) in [5, 5.41) is 3.19. The van der Waals surface area contributed by atoms with Crippen LogP contribution in [0.1, 0.15) is 4.88 Å². The summed E-state index contributed by atoms with van der Waals surface area (Å²) >= 11 is 5.18. The summed E-state index contributed by atoms with van der Waals surface area (Å²) in [6.45, 7) is 0.814. The number of nitrogen functional groups attached to an aromatic ring is 1. The van der Waals surface area contributed by atoms with Crippen molar-refractivity contribution in [2.75, 3.05) is 17.6 Å². The molecule has 0 aliphatic carbocycles. The van der Waals surface area contributed by atoms with E-state index in [9.17, 15) is 0 Å². The average molecular weight is 299 g/mol. The Labute approximate surface area is 106 Å². The minimum Gasteiger partial charge on any atom is -0.394 e. The predicted molar refractivity (Wildman–Crippen MR) is 70.7 cm³/mol. The lowest BCUT2D eigenvalue weighted by Crippen LogP contribution is -2.08. The Morgan fingerprint density at radius 1 is 1.44 bits per heavy atom. The maximum Gasteiger partial charge on any atom is 0.152 e. The Hall–Kier alpha value is -1.14. The van der Waals surface area contributed by atoms with Crippen molar-refractivity contribution in [2.24, 2.45) is 0 Å². The summed E-state index contributed by atoms with van der Waals surface area (Å²) < 4.78 is 1.16. The molecule has 4 nitrogen and oxygen atoms in total. The zero-order valence-corrected chi connectivity index (χ0v) is 10.9. The molecule has 0 unspecified atom stereocenters. The van der Waals surface area contributed by atoms with Crippen molar-refractivity contribution < 1.29 is 0 Å². The number of halogens is 1. The molecular formula is C10H11BrN4S. The molecule has 2 aromatic heterocycles. The number of anilines is 2. The molecule has 0 aliphatic rings. The molecule has 0 aliphatic heterocycles. The lowest BCUT2D eigenvalue weighted by Gasteiger charge is -2.05. The van der Waals surface area contributed by atoms with Gasteiger partial charge in [-0.3, -0.25) is 0 Å². The molecule has 2 rings (SSSR count). The maximum absolute atomic E-state index is 5.71. The van der Waals surface area contributed by atoms with E-state index in [0.29, 0.717) is 11.5 Å². The lowest BCUT2D eigenvalue weighted by molar-refractivity contribution is 1.02. The van der Waals surface area contributed by atoms with E-state index in [4.69, 9.17) is 5.73 Å². The molecule has 6 heteroatoms. The summed E-state index contributed by atoms with van der Waals surface area (Å²) in [4.78, 5) is 9.22. The van der Waals surface area contributed by atoms with E-state index in [2.05, 4.69) is 43.3 Å². The topological polar surface area (TPSA) is 63.8 Å². The van der Waals surface area contributed by atoms with Crippen LogP contribution < -0.4 is 11.1 Å². The summed E-state index contributed by atoms with van der Waals surface area (Å²) in [6, 6.07) is 4.17. The molecule has 0 saturated heterocycles. The first-order valence-corrected chi connectivity index (χ1v) is 6.40. The van der Waals surface area contributed by atoms with Gasteiger partial charge in [0.1, 0.15) is 6.33 Å². The van der Waals surface area contributed by atoms with E-state index in [-0.39, 0.29) is 0 Å². The van der Waals surface area contributed by atoms with Gasteiger partial charge in [-0.2, -0.15) is 0 Å². The van der Waals surface area contributed by atoms with Gasteiger partial charge in [-0.1, -0.05) is 0 Å². The van der Waals surface area contributed by atoms with Crippen molar-refractivity contribution in [3.05, 3.63) is 33.3 Å². The molecule has 0 fully saturated rings. The molecule has 0 atom stereocenters. The van der Waals surface area contributed by atoms with Gasteiger partial charge in [0, 0.05) is 11.4 Å². The Balaban J connectivity index is 1.87. The number of aromatic nitrogens is 2. The standard InChI is InChI=1S/C10H11BrN4S/c11-9-2-1-7(16-9)3-4-14-10-8(12)5-13-6-15-10/h1-2,5-6H,3-4,12H2,(H,13,14,15). The Kier molecular flexibility index (Phi) is 3.74. The van der Waals surface area contributed by atoms with Crippen molar-refractivity contribution in [1.82, 2.24) is 9.97 Å². The van der Waals surface area contributed by atoms with E-state index < -0.39 is 0 Å². The summed E-state index contributed by atoms with van der Waals surface area (Å²) in [6.07, 6.45) is 4.04. The van der Waals surface area contributed by atoms with Crippen molar-refractivity contribution in [1.29, 1.82) is 0 Å². The fourth-order valence-electron chi connectivity index (χ4n) is 1.28. The van der Waals surface area contributed by atoms with Gasteiger partial charge >= 0.3 is 0 Å². The van der Waals surface area contributed by atoms with Crippen LogP contribution in [-0.4, -0.2) is 16.5 Å². The third-order valence-electron chi connectivity index (χ3n) is 2.03. The fourth-order valence-corrected chi connectivity index (χ4v) is 2.76. The van der Waals surface area contributed by atoms with Crippen LogP contribution >= 0.6 is 27.3 Å². The largest absolute Gasteiger partial charge is 0.394 e. The van der Waals surface area contributed by atoms with Crippen LogP contribution in [0.2, 0.25) is 0 Å². The second-order valence-corrected chi connectivity index (χ2v) is 5.76. The van der Waals surface area contributed by atoms with Crippen molar-refractivity contribution in [2.45, 2.75) is 6.42 Å². The molecule has 0 spiro atoms. The number of hydrogen-bond acceptors (Lipinski definition) is 5. The third kappa shape index (κ3) is 2.93. The van der Waals surface area contributed by atoms with Crippen LogP contribution in [0, 0.1) is 0 Å². The van der Waals surface area contributed by atoms with Gasteiger partial charge in [0.2, 0.25) is 0 Å². The average Bonchev–Trinajstić information content (AvgIpc) is 2.67. The minimum atomic E-state index is 0.579. The van der Waals surface area contributed by atoms with E-state index >= 15 is 0 Å². The Morgan fingerprint density at radius 2 is 2.31 bits per heavy atom.